The number of hydrogen-bond donors (Lipinski definition) is 2. The monoisotopic (exact) mass is 294 g/mol. The summed E-state index contributed by atoms with van der Waals surface area (Å²) in [4.78, 5) is 12.8. The summed E-state index contributed by atoms with van der Waals surface area (Å²) in [6.07, 6.45) is 0.486. The summed E-state index contributed by atoms with van der Waals surface area (Å²) in [5.41, 5.74) is 7.51. The van der Waals surface area contributed by atoms with Crippen molar-refractivity contribution in [1.82, 2.24) is 0 Å². The molecule has 0 fully saturated rings. The first-order valence-electron chi connectivity index (χ1n) is 5.23. The van der Waals surface area contributed by atoms with Gasteiger partial charge in [-0.15, -0.1) is 24.8 Å². The van der Waals surface area contributed by atoms with Gasteiger partial charge in [-0.2, -0.15) is 0 Å². The van der Waals surface area contributed by atoms with E-state index in [4.69, 9.17) is 10.8 Å². The van der Waals surface area contributed by atoms with Crippen LogP contribution in [0, 0.1) is 5.92 Å². The fraction of sp³-hybridized carbons (Fsp3) is 0.417. The molecule has 4 nitrogen and oxygen atoms in total. The third-order valence-corrected chi connectivity index (χ3v) is 2.57. The van der Waals surface area contributed by atoms with E-state index < -0.39 is 11.9 Å². The molecule has 0 aliphatic rings. The normalized spacial score (nSPS) is 10.8. The average Bonchev–Trinajstić information content (AvgIpc) is 2.26. The number of carboxylic acid groups (broad SMARTS) is 1. The van der Waals surface area contributed by atoms with E-state index in [1.54, 1.807) is 0 Å². The Labute approximate surface area is 120 Å². The van der Waals surface area contributed by atoms with E-state index >= 15 is 0 Å². The zero-order chi connectivity index (χ0) is 12.1. The van der Waals surface area contributed by atoms with Crippen LogP contribution in [0.25, 0.3) is 0 Å². The summed E-state index contributed by atoms with van der Waals surface area (Å²) in [7, 11) is 3.93. The van der Waals surface area contributed by atoms with Crippen LogP contribution >= 0.6 is 24.8 Å². The van der Waals surface area contributed by atoms with E-state index in [0.29, 0.717) is 6.42 Å². The van der Waals surface area contributed by atoms with Crippen molar-refractivity contribution >= 4 is 36.5 Å². The molecule has 6 heteroatoms. The van der Waals surface area contributed by atoms with Crippen molar-refractivity contribution in [2.45, 2.75) is 6.42 Å². The Balaban J connectivity index is 0. The minimum atomic E-state index is -0.834. The highest BCUT2D eigenvalue weighted by Crippen LogP contribution is 2.15. The molecule has 1 atom stereocenters. The molecule has 104 valence electrons. The SMILES string of the molecule is CN(C)c1ccc(CC(CN)C(=O)O)cc1.Cl.Cl. The number of aliphatic carboxylic acids is 1. The van der Waals surface area contributed by atoms with Crippen LogP contribution in [0.2, 0.25) is 0 Å². The number of benzene rings is 1. The Morgan fingerprint density at radius 1 is 1.28 bits per heavy atom. The second-order valence-electron chi connectivity index (χ2n) is 4.04. The molecule has 1 unspecified atom stereocenters. The van der Waals surface area contributed by atoms with Crippen molar-refractivity contribution in [2.24, 2.45) is 11.7 Å². The molecule has 0 bridgehead atoms. The first-order valence-corrected chi connectivity index (χ1v) is 5.23. The summed E-state index contributed by atoms with van der Waals surface area (Å²) < 4.78 is 0. The van der Waals surface area contributed by atoms with Gasteiger partial charge in [0.15, 0.2) is 0 Å². The highest BCUT2D eigenvalue weighted by molar-refractivity contribution is 5.85. The van der Waals surface area contributed by atoms with Gasteiger partial charge in [-0.25, -0.2) is 0 Å². The standard InChI is InChI=1S/C12H18N2O2.2ClH/c1-14(2)11-5-3-9(4-6-11)7-10(8-13)12(15)16;;/h3-6,10H,7-8,13H2,1-2H3,(H,15,16);2*1H. The van der Waals surface area contributed by atoms with Gasteiger partial charge in [0.1, 0.15) is 0 Å². The lowest BCUT2D eigenvalue weighted by atomic mass is 9.99. The predicted molar refractivity (Wildman–Crippen MR) is 79.1 cm³/mol. The molecule has 1 aromatic carbocycles. The van der Waals surface area contributed by atoms with Crippen LogP contribution in [0.15, 0.2) is 24.3 Å². The molecule has 0 spiro atoms. The van der Waals surface area contributed by atoms with Crippen molar-refractivity contribution in [3.8, 4) is 0 Å². The topological polar surface area (TPSA) is 66.6 Å². The van der Waals surface area contributed by atoms with E-state index in [1.807, 2.05) is 43.3 Å². The van der Waals surface area contributed by atoms with Crippen molar-refractivity contribution < 1.29 is 9.90 Å². The summed E-state index contributed by atoms with van der Waals surface area (Å²) in [5, 5.41) is 8.89. The minimum Gasteiger partial charge on any atom is -0.481 e. The number of nitrogens with zero attached hydrogens (tertiary/aromatic N) is 1. The van der Waals surface area contributed by atoms with E-state index in [-0.39, 0.29) is 31.4 Å². The number of rotatable bonds is 5. The number of halogens is 2. The average molecular weight is 295 g/mol. The Morgan fingerprint density at radius 2 is 1.78 bits per heavy atom. The summed E-state index contributed by atoms with van der Waals surface area (Å²) in [6.45, 7) is 0.171. The molecule has 0 heterocycles. The molecule has 0 aliphatic carbocycles. The van der Waals surface area contributed by atoms with Crippen LogP contribution in [0.5, 0.6) is 0 Å². The van der Waals surface area contributed by atoms with Crippen LogP contribution in [0.3, 0.4) is 0 Å². The molecule has 0 aliphatic heterocycles. The maximum atomic E-state index is 10.8. The molecule has 0 saturated carbocycles. The van der Waals surface area contributed by atoms with Gasteiger partial charge in [-0.05, 0) is 24.1 Å². The molecule has 0 saturated heterocycles. The first kappa shape index (κ1) is 19.4. The maximum absolute atomic E-state index is 10.8. The zero-order valence-corrected chi connectivity index (χ0v) is 12.1. The van der Waals surface area contributed by atoms with Gasteiger partial charge in [0.25, 0.3) is 0 Å². The fourth-order valence-electron chi connectivity index (χ4n) is 1.49. The molecule has 0 amide bonds. The van der Waals surface area contributed by atoms with Crippen LogP contribution < -0.4 is 10.6 Å². The van der Waals surface area contributed by atoms with Gasteiger partial charge in [0.2, 0.25) is 0 Å². The second-order valence-corrected chi connectivity index (χ2v) is 4.04. The lowest BCUT2D eigenvalue weighted by Crippen LogP contribution is -2.25. The molecule has 18 heavy (non-hydrogen) atoms. The molecule has 1 rings (SSSR count). The molecule has 0 radical (unpaired) electrons. The van der Waals surface area contributed by atoms with E-state index in [9.17, 15) is 4.79 Å². The van der Waals surface area contributed by atoms with Crippen LogP contribution in [-0.4, -0.2) is 31.7 Å². The molecule has 1 aromatic rings. The number of carbonyl (C=O) groups is 1. The number of anilines is 1. The fourth-order valence-corrected chi connectivity index (χ4v) is 1.49. The predicted octanol–water partition coefficient (Wildman–Crippen LogP) is 1.80. The summed E-state index contributed by atoms with van der Waals surface area (Å²) in [5.74, 6) is -1.33. The lowest BCUT2D eigenvalue weighted by molar-refractivity contribution is -0.141. The lowest BCUT2D eigenvalue weighted by Gasteiger charge is -2.14. The highest BCUT2D eigenvalue weighted by atomic mass is 35.5. The second kappa shape index (κ2) is 9.03. The molecular weight excluding hydrogens is 275 g/mol. The Morgan fingerprint density at radius 3 is 2.11 bits per heavy atom. The van der Waals surface area contributed by atoms with E-state index in [1.165, 1.54) is 0 Å². The highest BCUT2D eigenvalue weighted by Gasteiger charge is 2.15. The van der Waals surface area contributed by atoms with Crippen molar-refractivity contribution in [1.29, 1.82) is 0 Å². The zero-order valence-electron chi connectivity index (χ0n) is 10.5. The van der Waals surface area contributed by atoms with Gasteiger partial charge < -0.3 is 15.7 Å². The number of carboxylic acids is 1. The van der Waals surface area contributed by atoms with Crippen LogP contribution in [-0.2, 0) is 11.2 Å². The largest absolute Gasteiger partial charge is 0.481 e. The van der Waals surface area contributed by atoms with E-state index in [0.717, 1.165) is 11.3 Å². The third kappa shape index (κ3) is 5.58. The van der Waals surface area contributed by atoms with Crippen LogP contribution in [0.1, 0.15) is 5.56 Å². The quantitative estimate of drug-likeness (QED) is 0.869. The minimum absolute atomic E-state index is 0. The van der Waals surface area contributed by atoms with Gasteiger partial charge in [-0.1, -0.05) is 12.1 Å². The van der Waals surface area contributed by atoms with Gasteiger partial charge in [0, 0.05) is 26.3 Å². The van der Waals surface area contributed by atoms with Gasteiger partial charge in [-0.3, -0.25) is 4.79 Å². The number of nitrogens with two attached hydrogens (primary N) is 1. The van der Waals surface area contributed by atoms with Crippen molar-refractivity contribution in [2.75, 3.05) is 25.5 Å². The Kier molecular flexibility index (Phi) is 9.71. The summed E-state index contributed by atoms with van der Waals surface area (Å²) >= 11 is 0. The van der Waals surface area contributed by atoms with Crippen LogP contribution in [0.4, 0.5) is 5.69 Å². The van der Waals surface area contributed by atoms with E-state index in [2.05, 4.69) is 0 Å². The Hall–Kier alpha value is -0.970. The van der Waals surface area contributed by atoms with Crippen molar-refractivity contribution in [3.63, 3.8) is 0 Å². The third-order valence-electron chi connectivity index (χ3n) is 2.57. The van der Waals surface area contributed by atoms with Gasteiger partial charge in [0.05, 0.1) is 5.92 Å². The smallest absolute Gasteiger partial charge is 0.308 e. The summed E-state index contributed by atoms with van der Waals surface area (Å²) in [6, 6.07) is 7.84. The Bertz CT molecular complexity index is 356. The van der Waals surface area contributed by atoms with Gasteiger partial charge >= 0.3 is 5.97 Å². The van der Waals surface area contributed by atoms with Crippen molar-refractivity contribution in [3.05, 3.63) is 29.8 Å². The molecule has 0 aromatic heterocycles. The molecule has 3 N–H and O–H groups in total. The maximum Gasteiger partial charge on any atom is 0.308 e. The number of hydrogen-bond acceptors (Lipinski definition) is 3. The molecular formula is C12H20Cl2N2O2. The first-order chi connectivity index (χ1) is 7.54.